The summed E-state index contributed by atoms with van der Waals surface area (Å²) >= 11 is 0. The number of fused-ring (bicyclic) bond motifs is 4. The lowest BCUT2D eigenvalue weighted by atomic mass is 9.96. The van der Waals surface area contributed by atoms with Gasteiger partial charge in [-0.25, -0.2) is 0 Å². The highest BCUT2D eigenvalue weighted by Crippen LogP contribution is 2.42. The normalized spacial score (nSPS) is 14.8. The molecule has 0 radical (unpaired) electrons. The predicted octanol–water partition coefficient (Wildman–Crippen LogP) is 9.63. The van der Waals surface area contributed by atoms with E-state index < -0.39 is 0 Å². The van der Waals surface area contributed by atoms with Crippen molar-refractivity contribution < 1.29 is 0 Å². The zero-order valence-electron chi connectivity index (χ0n) is 27.1. The van der Waals surface area contributed by atoms with Gasteiger partial charge in [-0.2, -0.15) is 0 Å². The van der Waals surface area contributed by atoms with E-state index in [1.54, 1.807) is 12.4 Å². The number of benzene rings is 4. The van der Waals surface area contributed by atoms with Gasteiger partial charge in [0.05, 0.1) is 34.8 Å². The molecule has 1 aliphatic heterocycles. The van der Waals surface area contributed by atoms with Gasteiger partial charge < -0.3 is 9.47 Å². The van der Waals surface area contributed by atoms with Gasteiger partial charge in [-0.05, 0) is 60.2 Å². The Morgan fingerprint density at radius 2 is 1.24 bits per heavy atom. The standard InChI is InChI=1S/C43H31N7/c1-30-34-18-5-7-22-38(34)48(32-16-12-25-44-28-32)27-10-9-19-35(30)42-46-47-43(50(42)31-14-3-2-4-15-31)37-21-11-24-40-41(37)36-20-6-8-23-39(36)49(40)33-17-13-26-45-29-33/h2-26,28-29H,1,27H2/b10-9-,35-19+. The fourth-order valence-corrected chi connectivity index (χ4v) is 7.03. The first-order chi connectivity index (χ1) is 24.8. The van der Waals surface area contributed by atoms with Crippen LogP contribution in [0.15, 0.2) is 171 Å². The lowest BCUT2D eigenvalue weighted by Crippen LogP contribution is -2.18. The molecule has 9 rings (SSSR count). The van der Waals surface area contributed by atoms with Gasteiger partial charge in [-0.1, -0.05) is 91.5 Å². The molecule has 0 aliphatic carbocycles. The van der Waals surface area contributed by atoms with E-state index in [9.17, 15) is 0 Å². The van der Waals surface area contributed by atoms with Crippen molar-refractivity contribution in [1.29, 1.82) is 0 Å². The van der Waals surface area contributed by atoms with Gasteiger partial charge in [0.1, 0.15) is 0 Å². The van der Waals surface area contributed by atoms with Crippen molar-refractivity contribution >= 4 is 44.3 Å². The average Bonchev–Trinajstić information content (AvgIpc) is 3.78. The molecule has 0 unspecified atom stereocenters. The smallest absolute Gasteiger partial charge is 0.169 e. The Morgan fingerprint density at radius 1 is 0.560 bits per heavy atom. The molecule has 238 valence electrons. The third-order valence-electron chi connectivity index (χ3n) is 9.25. The number of pyridine rings is 2. The van der Waals surface area contributed by atoms with E-state index in [0.717, 1.165) is 72.7 Å². The Kier molecular flexibility index (Phi) is 7.21. The van der Waals surface area contributed by atoms with Crippen molar-refractivity contribution in [1.82, 2.24) is 29.3 Å². The maximum atomic E-state index is 4.97. The quantitative estimate of drug-likeness (QED) is 0.187. The third-order valence-corrected chi connectivity index (χ3v) is 9.25. The maximum Gasteiger partial charge on any atom is 0.169 e. The Morgan fingerprint density at radius 3 is 2.06 bits per heavy atom. The van der Waals surface area contributed by atoms with E-state index in [1.807, 2.05) is 42.7 Å². The number of nitrogens with zero attached hydrogens (tertiary/aromatic N) is 7. The zero-order chi connectivity index (χ0) is 33.4. The van der Waals surface area contributed by atoms with Gasteiger partial charge >= 0.3 is 0 Å². The summed E-state index contributed by atoms with van der Waals surface area (Å²) in [6.07, 6.45) is 13.7. The number of hydrogen-bond acceptors (Lipinski definition) is 5. The van der Waals surface area contributed by atoms with Crippen molar-refractivity contribution in [2.24, 2.45) is 0 Å². The molecule has 0 amide bonds. The minimum Gasteiger partial charge on any atom is -0.336 e. The lowest BCUT2D eigenvalue weighted by Gasteiger charge is -2.26. The van der Waals surface area contributed by atoms with Crippen molar-refractivity contribution in [3.8, 4) is 22.8 Å². The Hall–Kier alpha value is -6.86. The molecular weight excluding hydrogens is 615 g/mol. The summed E-state index contributed by atoms with van der Waals surface area (Å²) < 4.78 is 4.43. The highest BCUT2D eigenvalue weighted by atomic mass is 15.3. The molecule has 1 aliphatic rings. The molecule has 0 atom stereocenters. The first-order valence-corrected chi connectivity index (χ1v) is 16.5. The van der Waals surface area contributed by atoms with Crippen molar-refractivity contribution in [3.05, 3.63) is 182 Å². The second-order valence-corrected chi connectivity index (χ2v) is 12.1. The second kappa shape index (κ2) is 12.3. The van der Waals surface area contributed by atoms with E-state index in [0.29, 0.717) is 12.4 Å². The average molecular weight is 646 g/mol. The topological polar surface area (TPSA) is 64.7 Å². The largest absolute Gasteiger partial charge is 0.336 e. The molecule has 7 heteroatoms. The molecule has 0 bridgehead atoms. The molecule has 8 aromatic rings. The molecule has 7 nitrogen and oxygen atoms in total. The van der Waals surface area contributed by atoms with Gasteiger partial charge in [0, 0.05) is 57.8 Å². The summed E-state index contributed by atoms with van der Waals surface area (Å²) in [5, 5.41) is 12.2. The SMILES string of the molecule is C=C1/C(c2nnc(-c3cccc4c3c3ccccc3n4-c3cccnc3)n2-c2ccccc2)=C\C=C/CN(c2cccnc2)c2ccccc21. The van der Waals surface area contributed by atoms with Gasteiger partial charge in [-0.15, -0.1) is 10.2 Å². The van der Waals surface area contributed by atoms with Crippen LogP contribution in [0.4, 0.5) is 11.4 Å². The van der Waals surface area contributed by atoms with E-state index in [2.05, 4.69) is 133 Å². The number of para-hydroxylation sites is 3. The van der Waals surface area contributed by atoms with Crippen LogP contribution in [0, 0.1) is 0 Å². The van der Waals surface area contributed by atoms with Gasteiger partial charge in [0.25, 0.3) is 0 Å². The molecule has 4 aromatic carbocycles. The van der Waals surface area contributed by atoms with Gasteiger partial charge in [0.2, 0.25) is 0 Å². The molecule has 5 heterocycles. The van der Waals surface area contributed by atoms with Crippen molar-refractivity contribution in [3.63, 3.8) is 0 Å². The maximum absolute atomic E-state index is 4.97. The van der Waals surface area contributed by atoms with E-state index in [1.165, 1.54) is 0 Å². The zero-order valence-corrected chi connectivity index (χ0v) is 27.1. The Balaban J connectivity index is 1.27. The molecule has 0 saturated carbocycles. The van der Waals surface area contributed by atoms with Gasteiger partial charge in [0.15, 0.2) is 11.6 Å². The fourth-order valence-electron chi connectivity index (χ4n) is 7.03. The monoisotopic (exact) mass is 645 g/mol. The summed E-state index contributed by atoms with van der Waals surface area (Å²) in [5.74, 6) is 1.45. The third kappa shape index (κ3) is 4.83. The van der Waals surface area contributed by atoms with Crippen LogP contribution < -0.4 is 4.90 Å². The molecule has 4 aromatic heterocycles. The molecule has 0 saturated heterocycles. The number of allylic oxidation sites excluding steroid dienone is 4. The number of aromatic nitrogens is 6. The second-order valence-electron chi connectivity index (χ2n) is 12.1. The summed E-state index contributed by atoms with van der Waals surface area (Å²) in [6, 6.07) is 41.7. The van der Waals surface area contributed by atoms with E-state index in [4.69, 9.17) is 16.8 Å². The summed E-state index contributed by atoms with van der Waals surface area (Å²) in [4.78, 5) is 11.1. The van der Waals surface area contributed by atoms with Gasteiger partial charge in [-0.3, -0.25) is 14.5 Å². The minimum atomic E-state index is 0.666. The highest BCUT2D eigenvalue weighted by Gasteiger charge is 2.26. The van der Waals surface area contributed by atoms with E-state index in [-0.39, 0.29) is 0 Å². The summed E-state index contributed by atoms with van der Waals surface area (Å²) in [7, 11) is 0. The number of rotatable bonds is 5. The molecule has 0 N–H and O–H groups in total. The number of anilines is 2. The lowest BCUT2D eigenvalue weighted by molar-refractivity contribution is 1.03. The van der Waals surface area contributed by atoms with E-state index >= 15 is 0 Å². The first kappa shape index (κ1) is 29.3. The van der Waals surface area contributed by atoms with Crippen LogP contribution in [-0.4, -0.2) is 35.8 Å². The van der Waals surface area contributed by atoms with Crippen LogP contribution in [0.3, 0.4) is 0 Å². The summed E-state index contributed by atoms with van der Waals surface area (Å²) in [6.45, 7) is 5.36. The van der Waals surface area contributed by atoms with Crippen molar-refractivity contribution in [2.75, 3.05) is 11.4 Å². The summed E-state index contributed by atoms with van der Waals surface area (Å²) in [5.41, 5.74) is 9.90. The van der Waals surface area contributed by atoms with Crippen LogP contribution in [-0.2, 0) is 0 Å². The molecule has 50 heavy (non-hydrogen) atoms. The first-order valence-electron chi connectivity index (χ1n) is 16.5. The number of hydrogen-bond donors (Lipinski definition) is 0. The highest BCUT2D eigenvalue weighted by molar-refractivity contribution is 6.15. The van der Waals surface area contributed by atoms with Crippen LogP contribution >= 0.6 is 0 Å². The van der Waals surface area contributed by atoms with Crippen LogP contribution in [0.1, 0.15) is 11.4 Å². The fraction of sp³-hybridized carbons (Fsp3) is 0.0233. The van der Waals surface area contributed by atoms with Crippen LogP contribution in [0.2, 0.25) is 0 Å². The van der Waals surface area contributed by atoms with Crippen molar-refractivity contribution in [2.45, 2.75) is 0 Å². The van der Waals surface area contributed by atoms with Crippen LogP contribution in [0.25, 0.3) is 55.7 Å². The Bertz CT molecular complexity index is 2580. The predicted molar refractivity (Wildman–Crippen MR) is 203 cm³/mol. The Labute approximate surface area is 289 Å². The molecule has 0 fully saturated rings. The molecular formula is C43H31N7. The molecule has 0 spiro atoms. The minimum absolute atomic E-state index is 0.666. The van der Waals surface area contributed by atoms with Crippen LogP contribution in [0.5, 0.6) is 0 Å².